The van der Waals surface area contributed by atoms with Crippen molar-refractivity contribution >= 4 is 11.5 Å². The average Bonchev–Trinajstić information content (AvgIpc) is 2.60. The lowest BCUT2D eigenvalue weighted by Gasteiger charge is -2.25. The molecule has 0 atom stereocenters. The highest BCUT2D eigenvalue weighted by Gasteiger charge is 2.22. The number of aromatic nitrogens is 2. The fourth-order valence-electron chi connectivity index (χ4n) is 2.92. The lowest BCUT2D eigenvalue weighted by atomic mass is 9.96. The minimum absolute atomic E-state index is 0.149. The summed E-state index contributed by atoms with van der Waals surface area (Å²) < 4.78 is 5.21. The maximum Gasteiger partial charge on any atom is 0.341 e. The van der Waals surface area contributed by atoms with E-state index in [0.717, 1.165) is 54.2 Å². The molecule has 0 spiro atoms. The monoisotopic (exact) mass is 330 g/mol. The summed E-state index contributed by atoms with van der Waals surface area (Å²) in [6.45, 7) is 0. The number of methoxy groups -OCH3 is 1. The predicted octanol–water partition coefficient (Wildman–Crippen LogP) is 2.75. The topological polar surface area (TPSA) is 71.0 Å². The third-order valence-corrected chi connectivity index (χ3v) is 4.13. The van der Waals surface area contributed by atoms with E-state index < -0.39 is 0 Å². The van der Waals surface area contributed by atoms with Crippen LogP contribution < -0.4 is 14.5 Å². The molecule has 1 aromatic heterocycles. The lowest BCUT2D eigenvalue weighted by Crippen LogP contribution is -2.23. The van der Waals surface area contributed by atoms with Gasteiger partial charge >= 0.3 is 6.01 Å². The summed E-state index contributed by atoms with van der Waals surface area (Å²) in [6.07, 6.45) is 4.07. The van der Waals surface area contributed by atoms with Crippen molar-refractivity contribution in [1.29, 1.82) is 0 Å². The van der Waals surface area contributed by atoms with Crippen LogP contribution in [0, 0.1) is 0 Å². The normalized spacial score (nSPS) is 13.5. The van der Waals surface area contributed by atoms with Crippen molar-refractivity contribution in [1.82, 2.24) is 15.2 Å². The quantitative estimate of drug-likeness (QED) is 0.845. The Bertz CT molecular complexity index is 704. The van der Waals surface area contributed by atoms with Crippen LogP contribution >= 0.6 is 0 Å². The zero-order valence-electron chi connectivity index (χ0n) is 14.2. The van der Waals surface area contributed by atoms with Gasteiger partial charge in [0.2, 0.25) is 0 Å². The van der Waals surface area contributed by atoms with Gasteiger partial charge in [-0.1, -0.05) is 0 Å². The van der Waals surface area contributed by atoms with E-state index in [-0.39, 0.29) is 6.01 Å². The number of hydrogen-bond donors (Lipinski definition) is 1. The molecule has 0 saturated heterocycles. The third-order valence-electron chi connectivity index (χ3n) is 4.13. The first kappa shape index (κ1) is 16.5. The molecule has 7 nitrogen and oxygen atoms in total. The van der Waals surface area contributed by atoms with Crippen molar-refractivity contribution in [2.45, 2.75) is 25.7 Å². The van der Waals surface area contributed by atoms with Gasteiger partial charge in [-0.2, -0.15) is 9.97 Å². The van der Waals surface area contributed by atoms with Gasteiger partial charge in [-0.3, -0.25) is 5.21 Å². The van der Waals surface area contributed by atoms with Crippen molar-refractivity contribution in [3.8, 4) is 11.8 Å². The van der Waals surface area contributed by atoms with Crippen molar-refractivity contribution in [2.24, 2.45) is 0 Å². The lowest BCUT2D eigenvalue weighted by molar-refractivity contribution is -0.266. The molecule has 0 saturated carbocycles. The summed E-state index contributed by atoms with van der Waals surface area (Å²) in [5.74, 6) is 1.62. The Balaban J connectivity index is 2.00. The van der Waals surface area contributed by atoms with Gasteiger partial charge in [0.05, 0.1) is 19.9 Å². The molecule has 128 valence electrons. The number of benzene rings is 1. The number of rotatable bonds is 5. The number of nitrogens with zero attached hydrogens (tertiary/aromatic N) is 4. The molecule has 0 fully saturated rings. The summed E-state index contributed by atoms with van der Waals surface area (Å²) in [4.78, 5) is 16.1. The maximum atomic E-state index is 9.32. The molecule has 0 radical (unpaired) electrons. The third kappa shape index (κ3) is 3.42. The molecule has 0 amide bonds. The Morgan fingerprint density at radius 2 is 1.75 bits per heavy atom. The highest BCUT2D eigenvalue weighted by Crippen LogP contribution is 2.33. The van der Waals surface area contributed by atoms with E-state index in [1.807, 2.05) is 36.2 Å². The van der Waals surface area contributed by atoms with Gasteiger partial charge in [0.1, 0.15) is 11.6 Å². The van der Waals surface area contributed by atoms with Crippen LogP contribution in [-0.4, -0.2) is 41.6 Å². The van der Waals surface area contributed by atoms with Gasteiger partial charge in [0.15, 0.2) is 0 Å². The molecule has 1 aliphatic carbocycles. The fraction of sp³-hybridized carbons (Fsp3) is 0.412. The molecule has 1 aliphatic rings. The van der Waals surface area contributed by atoms with Crippen molar-refractivity contribution < 1.29 is 14.8 Å². The van der Waals surface area contributed by atoms with Crippen molar-refractivity contribution in [3.63, 3.8) is 0 Å². The van der Waals surface area contributed by atoms with E-state index in [2.05, 4.69) is 9.97 Å². The van der Waals surface area contributed by atoms with Crippen LogP contribution in [0.5, 0.6) is 11.8 Å². The number of hydrogen-bond acceptors (Lipinski definition) is 7. The van der Waals surface area contributed by atoms with Crippen LogP contribution in [0.4, 0.5) is 11.5 Å². The summed E-state index contributed by atoms with van der Waals surface area (Å²) >= 11 is 0. The van der Waals surface area contributed by atoms with Gasteiger partial charge in [0, 0.05) is 18.3 Å². The minimum atomic E-state index is 0.149. The van der Waals surface area contributed by atoms with Crippen LogP contribution in [0.2, 0.25) is 0 Å². The van der Waals surface area contributed by atoms with Gasteiger partial charge in [-0.25, -0.2) is 0 Å². The van der Waals surface area contributed by atoms with Gasteiger partial charge in [-0.15, -0.1) is 0 Å². The van der Waals surface area contributed by atoms with Crippen LogP contribution in [-0.2, 0) is 12.8 Å². The number of fused-ring (bicyclic) bond motifs is 1. The molecule has 0 unspecified atom stereocenters. The standard InChI is InChI=1S/C17H22N4O3/c1-20(12-8-10-13(23-3)11-9-12)16-14-6-4-5-7-15(14)18-17(19-16)24-21(2)22/h8-11,22H,4-7H2,1-3H3. The van der Waals surface area contributed by atoms with Crippen LogP contribution in [0.15, 0.2) is 24.3 Å². The Hall–Kier alpha value is -2.38. The first-order valence-electron chi connectivity index (χ1n) is 7.96. The molecule has 1 aromatic carbocycles. The largest absolute Gasteiger partial charge is 0.497 e. The van der Waals surface area contributed by atoms with Crippen LogP contribution in [0.25, 0.3) is 0 Å². The summed E-state index contributed by atoms with van der Waals surface area (Å²) in [6, 6.07) is 7.94. The van der Waals surface area contributed by atoms with Gasteiger partial charge in [0.25, 0.3) is 0 Å². The minimum Gasteiger partial charge on any atom is -0.497 e. The highest BCUT2D eigenvalue weighted by molar-refractivity contribution is 5.64. The van der Waals surface area contributed by atoms with Crippen LogP contribution in [0.1, 0.15) is 24.1 Å². The molecule has 0 aliphatic heterocycles. The molecule has 0 bridgehead atoms. The second kappa shape index (κ2) is 7.02. The molecule has 3 rings (SSSR count). The first-order valence-corrected chi connectivity index (χ1v) is 7.96. The van der Waals surface area contributed by atoms with E-state index in [1.165, 1.54) is 7.05 Å². The Morgan fingerprint density at radius 3 is 2.42 bits per heavy atom. The highest BCUT2D eigenvalue weighted by atomic mass is 16.9. The molecule has 7 heteroatoms. The van der Waals surface area contributed by atoms with E-state index in [9.17, 15) is 5.21 Å². The summed E-state index contributed by atoms with van der Waals surface area (Å²) in [5.41, 5.74) is 3.13. The molecule has 1 N–H and O–H groups in total. The smallest absolute Gasteiger partial charge is 0.341 e. The first-order chi connectivity index (χ1) is 11.6. The zero-order valence-corrected chi connectivity index (χ0v) is 14.2. The number of ether oxygens (including phenoxy) is 1. The molecule has 24 heavy (non-hydrogen) atoms. The zero-order chi connectivity index (χ0) is 17.1. The van der Waals surface area contributed by atoms with Gasteiger partial charge < -0.3 is 14.5 Å². The Morgan fingerprint density at radius 1 is 1.04 bits per heavy atom. The maximum absolute atomic E-state index is 9.32. The number of anilines is 2. The predicted molar refractivity (Wildman–Crippen MR) is 89.9 cm³/mol. The molecule has 2 aromatic rings. The number of hydroxylamine groups is 2. The SMILES string of the molecule is COc1ccc(N(C)c2nc(ON(C)O)nc3c2CCCC3)cc1. The Labute approximate surface area is 141 Å². The van der Waals surface area contributed by atoms with Crippen LogP contribution in [0.3, 0.4) is 0 Å². The summed E-state index contributed by atoms with van der Waals surface area (Å²) in [5, 5.41) is 9.93. The molecule has 1 heterocycles. The van der Waals surface area contributed by atoms with E-state index >= 15 is 0 Å². The van der Waals surface area contributed by atoms with E-state index in [1.54, 1.807) is 7.11 Å². The Kier molecular flexibility index (Phi) is 4.82. The fourth-order valence-corrected chi connectivity index (χ4v) is 2.92. The van der Waals surface area contributed by atoms with E-state index in [0.29, 0.717) is 5.23 Å². The van der Waals surface area contributed by atoms with Crippen molar-refractivity contribution in [2.75, 3.05) is 26.1 Å². The number of aryl methyl sites for hydroxylation is 1. The molecular formula is C17H22N4O3. The second-order valence-corrected chi connectivity index (χ2v) is 5.77. The van der Waals surface area contributed by atoms with Crippen molar-refractivity contribution in [3.05, 3.63) is 35.5 Å². The second-order valence-electron chi connectivity index (χ2n) is 5.77. The summed E-state index contributed by atoms with van der Waals surface area (Å²) in [7, 11) is 5.00. The van der Waals surface area contributed by atoms with E-state index in [4.69, 9.17) is 9.57 Å². The average molecular weight is 330 g/mol. The van der Waals surface area contributed by atoms with Gasteiger partial charge in [-0.05, 0) is 55.2 Å². The molecular weight excluding hydrogens is 308 g/mol.